The van der Waals surface area contributed by atoms with E-state index in [1.54, 1.807) is 26.3 Å². The van der Waals surface area contributed by atoms with Crippen LogP contribution >= 0.6 is 0 Å². The lowest BCUT2D eigenvalue weighted by molar-refractivity contribution is -0.132. The topological polar surface area (TPSA) is 54.8 Å². The predicted octanol–water partition coefficient (Wildman–Crippen LogP) is 3.97. The first-order valence-electron chi connectivity index (χ1n) is 10.2. The van der Waals surface area contributed by atoms with Crippen molar-refractivity contribution < 1.29 is 13.9 Å². The number of fused-ring (bicyclic) bond motifs is 2. The number of benzene rings is 2. The van der Waals surface area contributed by atoms with E-state index in [1.165, 1.54) is 6.07 Å². The minimum absolute atomic E-state index is 0.0902. The summed E-state index contributed by atoms with van der Waals surface area (Å²) < 4.78 is 18.9. The summed E-state index contributed by atoms with van der Waals surface area (Å²) in [6, 6.07) is 13.1. The molecule has 0 saturated heterocycles. The number of aryl methyl sites for hydroxylation is 1. The highest BCUT2D eigenvalue weighted by atomic mass is 19.1. The Morgan fingerprint density at radius 2 is 1.97 bits per heavy atom. The molecule has 1 amide bonds. The molecule has 0 radical (unpaired) electrons. The van der Waals surface area contributed by atoms with Crippen LogP contribution in [0.1, 0.15) is 38.9 Å². The minimum atomic E-state index is -0.228. The highest BCUT2D eigenvalue weighted by molar-refractivity contribution is 6.15. The number of pyridine rings is 1. The Kier molecular flexibility index (Phi) is 4.77. The van der Waals surface area contributed by atoms with Gasteiger partial charge in [-0.05, 0) is 52.9 Å². The molecule has 2 aliphatic heterocycles. The third-order valence-corrected chi connectivity index (χ3v) is 5.96. The fraction of sp³-hybridized carbons (Fsp3) is 0.240. The molecule has 2 aliphatic rings. The number of nitrogens with zero attached hydrogens (tertiary/aromatic N) is 3. The molecule has 2 aromatic carbocycles. The number of hydrogen-bond acceptors (Lipinski definition) is 4. The van der Waals surface area contributed by atoms with Gasteiger partial charge in [-0.25, -0.2) is 9.37 Å². The fourth-order valence-corrected chi connectivity index (χ4v) is 4.31. The Labute approximate surface area is 180 Å². The van der Waals surface area contributed by atoms with Gasteiger partial charge < -0.3 is 9.64 Å². The summed E-state index contributed by atoms with van der Waals surface area (Å²) in [4.78, 5) is 23.5. The van der Waals surface area contributed by atoms with E-state index < -0.39 is 0 Å². The number of halogens is 1. The van der Waals surface area contributed by atoms with Gasteiger partial charge in [-0.3, -0.25) is 9.79 Å². The molecule has 0 spiro atoms. The number of carbonyl (C=O) groups is 1. The van der Waals surface area contributed by atoms with Crippen LogP contribution in [0.3, 0.4) is 0 Å². The number of ether oxygens (including phenoxy) is 1. The Bertz CT molecular complexity index is 1240. The summed E-state index contributed by atoms with van der Waals surface area (Å²) in [6.45, 7) is 3.35. The highest BCUT2D eigenvalue weighted by Crippen LogP contribution is 2.31. The molecule has 31 heavy (non-hydrogen) atoms. The van der Waals surface area contributed by atoms with Crippen LogP contribution in [-0.4, -0.2) is 28.6 Å². The fourth-order valence-electron chi connectivity index (χ4n) is 4.31. The minimum Gasteiger partial charge on any atom is -0.481 e. The number of aliphatic imine (C=N–C) groups is 1. The first-order chi connectivity index (χ1) is 15.0. The van der Waals surface area contributed by atoms with E-state index >= 15 is 0 Å². The molecule has 0 N–H and O–H groups in total. The second kappa shape index (κ2) is 7.61. The van der Waals surface area contributed by atoms with E-state index in [-0.39, 0.29) is 11.7 Å². The number of carbonyl (C=O) groups excluding carboxylic acids is 1. The quantitative estimate of drug-likeness (QED) is 0.648. The van der Waals surface area contributed by atoms with Crippen molar-refractivity contribution in [3.63, 3.8) is 0 Å². The van der Waals surface area contributed by atoms with Crippen molar-refractivity contribution in [3.8, 4) is 5.88 Å². The van der Waals surface area contributed by atoms with E-state index in [2.05, 4.69) is 17.1 Å². The van der Waals surface area contributed by atoms with Crippen LogP contribution in [0.4, 0.5) is 4.39 Å². The molecule has 3 aromatic rings. The van der Waals surface area contributed by atoms with E-state index in [4.69, 9.17) is 9.73 Å². The molecule has 5 rings (SSSR count). The van der Waals surface area contributed by atoms with Crippen molar-refractivity contribution in [2.75, 3.05) is 7.11 Å². The molecule has 5 nitrogen and oxygen atoms in total. The van der Waals surface area contributed by atoms with Crippen LogP contribution in [0.2, 0.25) is 0 Å². The van der Waals surface area contributed by atoms with Crippen molar-refractivity contribution in [1.82, 2.24) is 9.88 Å². The molecule has 3 heterocycles. The molecule has 1 aromatic heterocycles. The lowest BCUT2D eigenvalue weighted by Crippen LogP contribution is -2.35. The Balaban J connectivity index is 1.44. The normalized spacial score (nSPS) is 14.9. The maximum Gasteiger partial charge on any atom is 0.227 e. The highest BCUT2D eigenvalue weighted by Gasteiger charge is 2.27. The van der Waals surface area contributed by atoms with Crippen molar-refractivity contribution >= 4 is 11.6 Å². The number of rotatable bonds is 4. The van der Waals surface area contributed by atoms with Crippen molar-refractivity contribution in [3.05, 3.63) is 93.4 Å². The van der Waals surface area contributed by atoms with Crippen molar-refractivity contribution in [2.24, 2.45) is 4.99 Å². The Hall–Kier alpha value is -3.54. The summed E-state index contributed by atoms with van der Waals surface area (Å²) in [5.41, 5.74) is 7.86. The Morgan fingerprint density at radius 1 is 1.10 bits per heavy atom. The van der Waals surface area contributed by atoms with Crippen LogP contribution in [0.5, 0.6) is 5.88 Å². The Morgan fingerprint density at radius 3 is 2.77 bits per heavy atom. The molecule has 0 unspecified atom stereocenters. The molecular formula is C25H22FN3O2. The largest absolute Gasteiger partial charge is 0.481 e. The van der Waals surface area contributed by atoms with E-state index in [1.807, 2.05) is 23.1 Å². The maximum atomic E-state index is 13.6. The number of amides is 1. The van der Waals surface area contributed by atoms with Gasteiger partial charge in [-0.2, -0.15) is 0 Å². The SMILES string of the molecule is COc1cc(C2=NCc3cc4c(cc32)CN(Cc2ccc(F)c(C)c2)C(=O)C4)ccn1. The van der Waals surface area contributed by atoms with Gasteiger partial charge in [0.05, 0.1) is 25.8 Å². The van der Waals surface area contributed by atoms with Crippen LogP contribution in [-0.2, 0) is 30.8 Å². The van der Waals surface area contributed by atoms with Gasteiger partial charge in [0.1, 0.15) is 5.82 Å². The van der Waals surface area contributed by atoms with Gasteiger partial charge in [0.2, 0.25) is 11.8 Å². The van der Waals surface area contributed by atoms with Crippen LogP contribution in [0, 0.1) is 12.7 Å². The standard InChI is InChI=1S/C25H22FN3O2/c1-15-7-16(3-4-22(15)26)13-29-14-20-9-21-19(8-18(20)11-24(29)30)12-28-25(21)17-5-6-27-23(10-17)31-2/h3-10H,11-14H2,1-2H3. The molecule has 0 fully saturated rings. The number of aromatic nitrogens is 1. The first-order valence-corrected chi connectivity index (χ1v) is 10.2. The lowest BCUT2D eigenvalue weighted by Gasteiger charge is -2.29. The van der Waals surface area contributed by atoms with Crippen molar-refractivity contribution in [1.29, 1.82) is 0 Å². The zero-order chi connectivity index (χ0) is 21.5. The van der Waals surface area contributed by atoms with E-state index in [0.29, 0.717) is 37.5 Å². The molecule has 0 aliphatic carbocycles. The maximum absolute atomic E-state index is 13.6. The smallest absolute Gasteiger partial charge is 0.227 e. The second-order valence-electron chi connectivity index (χ2n) is 8.04. The van der Waals surface area contributed by atoms with Gasteiger partial charge in [0.15, 0.2) is 0 Å². The number of methoxy groups -OCH3 is 1. The molecule has 0 bridgehead atoms. The zero-order valence-electron chi connectivity index (χ0n) is 17.5. The third kappa shape index (κ3) is 3.58. The first kappa shape index (κ1) is 19.4. The molecule has 6 heteroatoms. The average Bonchev–Trinajstić information content (AvgIpc) is 3.18. The number of hydrogen-bond donors (Lipinski definition) is 0. The van der Waals surface area contributed by atoms with Crippen molar-refractivity contribution in [2.45, 2.75) is 33.0 Å². The van der Waals surface area contributed by atoms with Crippen LogP contribution in [0.25, 0.3) is 0 Å². The average molecular weight is 415 g/mol. The third-order valence-electron chi connectivity index (χ3n) is 5.96. The van der Waals surface area contributed by atoms with Gasteiger partial charge in [0, 0.05) is 36.5 Å². The van der Waals surface area contributed by atoms with E-state index in [0.717, 1.165) is 39.1 Å². The van der Waals surface area contributed by atoms with Crippen LogP contribution < -0.4 is 4.74 Å². The van der Waals surface area contributed by atoms with Gasteiger partial charge >= 0.3 is 0 Å². The predicted molar refractivity (Wildman–Crippen MR) is 116 cm³/mol. The van der Waals surface area contributed by atoms with Gasteiger partial charge in [0.25, 0.3) is 0 Å². The monoisotopic (exact) mass is 415 g/mol. The molecule has 0 saturated carbocycles. The van der Waals surface area contributed by atoms with Gasteiger partial charge in [-0.15, -0.1) is 0 Å². The molecule has 0 atom stereocenters. The second-order valence-corrected chi connectivity index (χ2v) is 8.04. The summed E-state index contributed by atoms with van der Waals surface area (Å²) >= 11 is 0. The summed E-state index contributed by atoms with van der Waals surface area (Å²) in [5.74, 6) is 0.416. The zero-order valence-corrected chi connectivity index (χ0v) is 17.5. The van der Waals surface area contributed by atoms with Crippen LogP contribution in [0.15, 0.2) is 53.7 Å². The van der Waals surface area contributed by atoms with Gasteiger partial charge in [-0.1, -0.05) is 18.2 Å². The summed E-state index contributed by atoms with van der Waals surface area (Å²) in [5, 5.41) is 0. The lowest BCUT2D eigenvalue weighted by atomic mass is 9.91. The molecule has 156 valence electrons. The summed E-state index contributed by atoms with van der Waals surface area (Å²) in [6.07, 6.45) is 2.10. The van der Waals surface area contributed by atoms with E-state index in [9.17, 15) is 9.18 Å². The summed E-state index contributed by atoms with van der Waals surface area (Å²) in [7, 11) is 1.60. The molecular weight excluding hydrogens is 393 g/mol.